The van der Waals surface area contributed by atoms with Gasteiger partial charge in [0, 0.05) is 16.3 Å². The van der Waals surface area contributed by atoms with Gasteiger partial charge in [-0.3, -0.25) is 4.79 Å². The third-order valence-corrected chi connectivity index (χ3v) is 5.71. The van der Waals surface area contributed by atoms with Crippen LogP contribution in [0.2, 0.25) is 0 Å². The predicted molar refractivity (Wildman–Crippen MR) is 95.0 cm³/mol. The molecule has 0 saturated heterocycles. The van der Waals surface area contributed by atoms with E-state index >= 15 is 0 Å². The lowest BCUT2D eigenvalue weighted by molar-refractivity contribution is -0.136. The highest BCUT2D eigenvalue weighted by Gasteiger charge is 2.16. The van der Waals surface area contributed by atoms with Gasteiger partial charge in [0.25, 0.3) is 0 Å². The van der Waals surface area contributed by atoms with Crippen LogP contribution in [-0.4, -0.2) is 40.2 Å². The molecule has 0 bridgehead atoms. The molecular formula is C16H15N3O4S2. The third kappa shape index (κ3) is 3.67. The highest BCUT2D eigenvalue weighted by molar-refractivity contribution is 8.01. The van der Waals surface area contributed by atoms with Crippen LogP contribution in [0, 0.1) is 6.92 Å². The Kier molecular flexibility index (Phi) is 5.05. The Hall–Kier alpha value is -2.39. The first kappa shape index (κ1) is 17.4. The van der Waals surface area contributed by atoms with Crippen molar-refractivity contribution >= 4 is 40.0 Å². The molecule has 0 atom stereocenters. The zero-order chi connectivity index (χ0) is 18.0. The summed E-state index contributed by atoms with van der Waals surface area (Å²) in [4.78, 5) is 24.7. The molecule has 0 radical (unpaired) electrons. The van der Waals surface area contributed by atoms with E-state index < -0.39 is 5.97 Å². The minimum Gasteiger partial charge on any atom is -0.493 e. The van der Waals surface area contributed by atoms with Crippen LogP contribution in [-0.2, 0) is 11.2 Å². The number of aromatic nitrogens is 3. The second-order valence-electron chi connectivity index (χ2n) is 5.06. The quantitative estimate of drug-likeness (QED) is 0.655. The Morgan fingerprint density at radius 3 is 2.64 bits per heavy atom. The third-order valence-electron chi connectivity index (χ3n) is 3.47. The molecule has 130 valence electrons. The lowest BCUT2D eigenvalue weighted by Gasteiger charge is -2.10. The number of carboxylic acids is 1. The van der Waals surface area contributed by atoms with E-state index in [1.54, 1.807) is 20.3 Å². The summed E-state index contributed by atoms with van der Waals surface area (Å²) >= 11 is 2.74. The maximum absolute atomic E-state index is 10.9. The van der Waals surface area contributed by atoms with Crippen molar-refractivity contribution in [2.45, 2.75) is 22.7 Å². The molecule has 0 aliphatic rings. The standard InChI is InChI=1S/C16H15N3O4S2/c1-8-13(6-14(20)21)24-16(19-8)25-15-9-4-11(22-2)12(23-3)5-10(9)17-7-18-15/h4-5,7H,6H2,1-3H3,(H,20,21). The number of thiazole rings is 1. The highest BCUT2D eigenvalue weighted by Crippen LogP contribution is 2.38. The van der Waals surface area contributed by atoms with Gasteiger partial charge in [-0.05, 0) is 24.8 Å². The molecule has 2 heterocycles. The average Bonchev–Trinajstić information content (AvgIpc) is 2.92. The van der Waals surface area contributed by atoms with E-state index in [1.807, 2.05) is 13.0 Å². The summed E-state index contributed by atoms with van der Waals surface area (Å²) in [6.45, 7) is 1.81. The first-order valence-corrected chi connectivity index (χ1v) is 8.87. The van der Waals surface area contributed by atoms with Crippen LogP contribution < -0.4 is 9.47 Å². The maximum atomic E-state index is 10.9. The monoisotopic (exact) mass is 377 g/mol. The zero-order valence-electron chi connectivity index (χ0n) is 13.8. The molecule has 1 aromatic carbocycles. The number of ether oxygens (including phenoxy) is 2. The molecule has 0 aliphatic carbocycles. The Balaban J connectivity index is 2.00. The van der Waals surface area contributed by atoms with Crippen molar-refractivity contribution in [3.63, 3.8) is 0 Å². The number of methoxy groups -OCH3 is 2. The molecule has 0 unspecified atom stereocenters. The number of hydrogen-bond acceptors (Lipinski definition) is 8. The van der Waals surface area contributed by atoms with Gasteiger partial charge in [-0.1, -0.05) is 0 Å². The second kappa shape index (κ2) is 7.24. The summed E-state index contributed by atoms with van der Waals surface area (Å²) in [5.74, 6) is 0.319. The van der Waals surface area contributed by atoms with E-state index in [2.05, 4.69) is 15.0 Å². The van der Waals surface area contributed by atoms with Crippen LogP contribution in [0.1, 0.15) is 10.6 Å². The van der Waals surface area contributed by atoms with Crippen LogP contribution in [0.25, 0.3) is 10.9 Å². The van der Waals surface area contributed by atoms with Crippen molar-refractivity contribution in [1.82, 2.24) is 15.0 Å². The van der Waals surface area contributed by atoms with E-state index in [9.17, 15) is 4.79 Å². The van der Waals surface area contributed by atoms with Crippen molar-refractivity contribution in [2.24, 2.45) is 0 Å². The van der Waals surface area contributed by atoms with Gasteiger partial charge in [0.15, 0.2) is 15.8 Å². The average molecular weight is 377 g/mol. The van der Waals surface area contributed by atoms with E-state index in [4.69, 9.17) is 14.6 Å². The van der Waals surface area contributed by atoms with Crippen LogP contribution in [0.3, 0.4) is 0 Å². The van der Waals surface area contributed by atoms with E-state index in [-0.39, 0.29) is 6.42 Å². The Labute approximate surface area is 152 Å². The van der Waals surface area contributed by atoms with Crippen LogP contribution in [0.5, 0.6) is 11.5 Å². The second-order valence-corrected chi connectivity index (χ2v) is 7.38. The molecule has 7 nitrogen and oxygen atoms in total. The van der Waals surface area contributed by atoms with E-state index in [0.717, 1.165) is 30.8 Å². The highest BCUT2D eigenvalue weighted by atomic mass is 32.2. The fraction of sp³-hybridized carbons (Fsp3) is 0.250. The number of aliphatic carboxylic acids is 1. The van der Waals surface area contributed by atoms with Crippen LogP contribution in [0.15, 0.2) is 27.8 Å². The summed E-state index contributed by atoms with van der Waals surface area (Å²) in [7, 11) is 3.14. The summed E-state index contributed by atoms with van der Waals surface area (Å²) in [6.07, 6.45) is 1.45. The molecule has 0 saturated carbocycles. The number of hydrogen-bond donors (Lipinski definition) is 1. The van der Waals surface area contributed by atoms with E-state index in [1.165, 1.54) is 29.4 Å². The number of fused-ring (bicyclic) bond motifs is 1. The largest absolute Gasteiger partial charge is 0.493 e. The zero-order valence-corrected chi connectivity index (χ0v) is 15.4. The Morgan fingerprint density at radius 2 is 1.96 bits per heavy atom. The van der Waals surface area contributed by atoms with Gasteiger partial charge in [-0.25, -0.2) is 15.0 Å². The first-order chi connectivity index (χ1) is 12.0. The number of rotatable bonds is 6. The Bertz CT molecular complexity index is 943. The minimum atomic E-state index is -0.868. The molecular weight excluding hydrogens is 362 g/mol. The predicted octanol–water partition coefficient (Wildman–Crippen LogP) is 3.19. The van der Waals surface area contributed by atoms with Gasteiger partial charge in [0.05, 0.1) is 31.9 Å². The fourth-order valence-corrected chi connectivity index (χ4v) is 4.48. The van der Waals surface area contributed by atoms with Gasteiger partial charge >= 0.3 is 5.97 Å². The van der Waals surface area contributed by atoms with Gasteiger partial charge in [0.2, 0.25) is 0 Å². The fourth-order valence-electron chi connectivity index (χ4n) is 2.27. The smallest absolute Gasteiger partial charge is 0.308 e. The van der Waals surface area contributed by atoms with E-state index in [0.29, 0.717) is 11.5 Å². The lowest BCUT2D eigenvalue weighted by atomic mass is 10.2. The van der Waals surface area contributed by atoms with Gasteiger partial charge < -0.3 is 14.6 Å². The molecule has 0 spiro atoms. The Morgan fingerprint density at radius 1 is 1.24 bits per heavy atom. The molecule has 0 fully saturated rings. The maximum Gasteiger partial charge on any atom is 0.308 e. The summed E-state index contributed by atoms with van der Waals surface area (Å²) in [5.41, 5.74) is 1.46. The molecule has 0 aliphatic heterocycles. The number of benzene rings is 1. The SMILES string of the molecule is COc1cc2ncnc(Sc3nc(C)c(CC(=O)O)s3)c2cc1OC. The van der Waals surface area contributed by atoms with Crippen molar-refractivity contribution in [2.75, 3.05) is 14.2 Å². The molecule has 25 heavy (non-hydrogen) atoms. The summed E-state index contributed by atoms with van der Waals surface area (Å²) < 4.78 is 11.4. The summed E-state index contributed by atoms with van der Waals surface area (Å²) in [6, 6.07) is 3.62. The number of nitrogens with zero attached hydrogens (tertiary/aromatic N) is 3. The van der Waals surface area contributed by atoms with Crippen molar-refractivity contribution in [3.8, 4) is 11.5 Å². The number of aryl methyl sites for hydroxylation is 1. The normalized spacial score (nSPS) is 10.8. The number of carbonyl (C=O) groups is 1. The minimum absolute atomic E-state index is 0.0282. The van der Waals surface area contributed by atoms with Crippen molar-refractivity contribution in [3.05, 3.63) is 29.0 Å². The topological polar surface area (TPSA) is 94.4 Å². The van der Waals surface area contributed by atoms with Gasteiger partial charge in [-0.15, -0.1) is 11.3 Å². The number of carboxylic acid groups (broad SMARTS) is 1. The molecule has 3 rings (SSSR count). The van der Waals surface area contributed by atoms with Crippen LogP contribution in [0.4, 0.5) is 0 Å². The first-order valence-electron chi connectivity index (χ1n) is 7.24. The molecule has 9 heteroatoms. The molecule has 1 N–H and O–H groups in total. The molecule has 3 aromatic rings. The summed E-state index contributed by atoms with van der Waals surface area (Å²) in [5, 5.41) is 10.5. The van der Waals surface area contributed by atoms with Crippen LogP contribution >= 0.6 is 23.1 Å². The van der Waals surface area contributed by atoms with Crippen molar-refractivity contribution < 1.29 is 19.4 Å². The van der Waals surface area contributed by atoms with Gasteiger partial charge in [0.1, 0.15) is 11.4 Å². The van der Waals surface area contributed by atoms with Crippen molar-refractivity contribution in [1.29, 1.82) is 0 Å². The lowest BCUT2D eigenvalue weighted by Crippen LogP contribution is -1.99. The van der Waals surface area contributed by atoms with Gasteiger partial charge in [-0.2, -0.15) is 0 Å². The molecule has 0 amide bonds. The molecule has 2 aromatic heterocycles.